The maximum Gasteiger partial charge on any atom is 0.323 e. The van der Waals surface area contributed by atoms with Gasteiger partial charge in [-0.05, 0) is 98.9 Å². The van der Waals surface area contributed by atoms with Gasteiger partial charge in [0.2, 0.25) is 0 Å². The van der Waals surface area contributed by atoms with Gasteiger partial charge in [0.15, 0.2) is 0 Å². The summed E-state index contributed by atoms with van der Waals surface area (Å²) in [6.07, 6.45) is 6.70. The molecule has 1 heterocycles. The minimum atomic E-state index is -0.262. The lowest BCUT2D eigenvalue weighted by atomic mass is 9.83. The predicted molar refractivity (Wildman–Crippen MR) is 124 cm³/mol. The van der Waals surface area contributed by atoms with E-state index >= 15 is 0 Å². The molecule has 3 aromatic rings. The Morgan fingerprint density at radius 3 is 2.55 bits per heavy atom. The lowest BCUT2D eigenvalue weighted by Crippen LogP contribution is -2.26. The highest BCUT2D eigenvalue weighted by Gasteiger charge is 2.19. The van der Waals surface area contributed by atoms with Gasteiger partial charge in [0.25, 0.3) is 0 Å². The number of carbonyl (C=O) groups excluding carboxylic acids is 1. The molecule has 2 N–H and O–H groups in total. The Labute approximate surface area is 183 Å². The zero-order valence-electron chi connectivity index (χ0n) is 18.0. The van der Waals surface area contributed by atoms with E-state index in [2.05, 4.69) is 46.7 Å². The molecule has 1 aliphatic rings. The molecular weight excluding hydrogens is 388 g/mol. The number of carbonyl (C=O) groups is 1. The van der Waals surface area contributed by atoms with E-state index in [-0.39, 0.29) is 6.03 Å². The summed E-state index contributed by atoms with van der Waals surface area (Å²) in [5.74, 6) is 2.05. The predicted octanol–water partition coefficient (Wildman–Crippen LogP) is 5.18. The molecule has 1 aromatic heterocycles. The van der Waals surface area contributed by atoms with Crippen LogP contribution in [0.25, 0.3) is 0 Å². The lowest BCUT2D eigenvalue weighted by molar-refractivity contribution is 0.262. The van der Waals surface area contributed by atoms with Gasteiger partial charge in [-0.2, -0.15) is 0 Å². The Balaban J connectivity index is 1.32. The number of hydrogen-bond donors (Lipinski definition) is 2. The van der Waals surface area contributed by atoms with E-state index in [9.17, 15) is 4.79 Å². The van der Waals surface area contributed by atoms with Gasteiger partial charge >= 0.3 is 6.03 Å². The van der Waals surface area contributed by atoms with Gasteiger partial charge in [-0.1, -0.05) is 6.07 Å². The van der Waals surface area contributed by atoms with Crippen LogP contribution in [0.15, 0.2) is 67.0 Å². The fourth-order valence-corrected chi connectivity index (χ4v) is 4.02. The highest BCUT2D eigenvalue weighted by molar-refractivity contribution is 5.99. The number of ether oxygens (including phenoxy) is 1. The molecule has 0 bridgehead atoms. The van der Waals surface area contributed by atoms with Crippen molar-refractivity contribution in [1.82, 2.24) is 9.88 Å². The van der Waals surface area contributed by atoms with Crippen LogP contribution in [0.2, 0.25) is 0 Å². The van der Waals surface area contributed by atoms with E-state index in [0.29, 0.717) is 23.1 Å². The van der Waals surface area contributed by atoms with Crippen LogP contribution >= 0.6 is 0 Å². The molecule has 0 spiro atoms. The average Bonchev–Trinajstić information content (AvgIpc) is 2.75. The summed E-state index contributed by atoms with van der Waals surface area (Å²) in [5, 5.41) is 5.81. The average molecular weight is 417 g/mol. The zero-order chi connectivity index (χ0) is 21.6. The Kier molecular flexibility index (Phi) is 6.48. The molecule has 6 heteroatoms. The highest BCUT2D eigenvalue weighted by atomic mass is 16.5. The molecule has 1 aliphatic carbocycles. The number of anilines is 2. The number of benzene rings is 2. The van der Waals surface area contributed by atoms with E-state index < -0.39 is 0 Å². The van der Waals surface area contributed by atoms with Crippen molar-refractivity contribution in [2.24, 2.45) is 5.92 Å². The van der Waals surface area contributed by atoms with Gasteiger partial charge in [-0.15, -0.1) is 0 Å². The third kappa shape index (κ3) is 5.83. The van der Waals surface area contributed by atoms with Crippen LogP contribution in [-0.4, -0.2) is 36.6 Å². The fourth-order valence-electron chi connectivity index (χ4n) is 4.02. The SMILES string of the molecule is CN(C)CC1CCc2cc(NC(=O)Nc3ccc(Oc4cccnc4)cc3)ccc2C1. The third-order valence-corrected chi connectivity index (χ3v) is 5.40. The molecule has 0 aliphatic heterocycles. The van der Waals surface area contributed by atoms with E-state index in [1.807, 2.05) is 42.5 Å². The van der Waals surface area contributed by atoms with E-state index in [0.717, 1.165) is 25.1 Å². The van der Waals surface area contributed by atoms with E-state index in [4.69, 9.17) is 4.74 Å². The molecule has 0 saturated heterocycles. The first-order valence-corrected chi connectivity index (χ1v) is 10.6. The number of fused-ring (bicyclic) bond motifs is 1. The van der Waals surface area contributed by atoms with Gasteiger partial charge in [0.1, 0.15) is 11.5 Å². The second kappa shape index (κ2) is 9.62. The molecule has 4 rings (SSSR count). The van der Waals surface area contributed by atoms with Crippen LogP contribution in [0, 0.1) is 5.92 Å². The van der Waals surface area contributed by atoms with Crippen molar-refractivity contribution in [2.45, 2.75) is 19.3 Å². The first-order valence-electron chi connectivity index (χ1n) is 10.6. The number of rotatable bonds is 6. The van der Waals surface area contributed by atoms with Crippen molar-refractivity contribution in [1.29, 1.82) is 0 Å². The number of hydrogen-bond acceptors (Lipinski definition) is 4. The third-order valence-electron chi connectivity index (χ3n) is 5.40. The molecule has 0 saturated carbocycles. The molecule has 1 atom stereocenters. The summed E-state index contributed by atoms with van der Waals surface area (Å²) in [7, 11) is 4.25. The first kappa shape index (κ1) is 20.9. The Hall–Kier alpha value is -3.38. The fraction of sp³-hybridized carbons (Fsp3) is 0.280. The normalized spacial score (nSPS) is 15.3. The minimum Gasteiger partial charge on any atom is -0.456 e. The summed E-state index contributed by atoms with van der Waals surface area (Å²) in [6, 6.07) is 16.9. The second-order valence-corrected chi connectivity index (χ2v) is 8.25. The summed E-state index contributed by atoms with van der Waals surface area (Å²) in [4.78, 5) is 18.7. The number of nitrogens with zero attached hydrogens (tertiary/aromatic N) is 2. The molecule has 0 fully saturated rings. The Morgan fingerprint density at radius 1 is 1.03 bits per heavy atom. The smallest absolute Gasteiger partial charge is 0.323 e. The maximum atomic E-state index is 12.4. The largest absolute Gasteiger partial charge is 0.456 e. The monoisotopic (exact) mass is 416 g/mol. The van der Waals surface area contributed by atoms with Crippen molar-refractivity contribution < 1.29 is 9.53 Å². The quantitative estimate of drug-likeness (QED) is 0.581. The van der Waals surface area contributed by atoms with Crippen LogP contribution in [0.5, 0.6) is 11.5 Å². The molecule has 0 radical (unpaired) electrons. The van der Waals surface area contributed by atoms with E-state index in [1.54, 1.807) is 12.4 Å². The molecule has 31 heavy (non-hydrogen) atoms. The van der Waals surface area contributed by atoms with Gasteiger partial charge < -0.3 is 20.3 Å². The highest BCUT2D eigenvalue weighted by Crippen LogP contribution is 2.28. The topological polar surface area (TPSA) is 66.5 Å². The number of amides is 2. The summed E-state index contributed by atoms with van der Waals surface area (Å²) < 4.78 is 5.72. The first-order chi connectivity index (χ1) is 15.0. The number of aromatic nitrogens is 1. The van der Waals surface area contributed by atoms with Gasteiger partial charge in [0, 0.05) is 24.1 Å². The van der Waals surface area contributed by atoms with Crippen molar-refractivity contribution in [3.05, 3.63) is 78.1 Å². The lowest BCUT2D eigenvalue weighted by Gasteiger charge is -2.27. The molecular formula is C25H28N4O2. The number of urea groups is 1. The molecule has 2 amide bonds. The summed E-state index contributed by atoms with van der Waals surface area (Å²) in [5.41, 5.74) is 4.25. The van der Waals surface area contributed by atoms with Gasteiger partial charge in [-0.3, -0.25) is 4.98 Å². The van der Waals surface area contributed by atoms with Crippen LogP contribution in [0.3, 0.4) is 0 Å². The second-order valence-electron chi connectivity index (χ2n) is 8.25. The molecule has 160 valence electrons. The summed E-state index contributed by atoms with van der Waals surface area (Å²) in [6.45, 7) is 1.12. The molecule has 2 aromatic carbocycles. The standard InChI is InChI=1S/C25H28N4O2/c1-29(2)17-18-5-6-20-15-22(8-7-19(20)14-18)28-25(30)27-21-9-11-23(12-10-21)31-24-4-3-13-26-16-24/h3-4,7-13,15-16,18H,5-6,14,17H2,1-2H3,(H2,27,28,30). The van der Waals surface area contributed by atoms with Crippen LogP contribution < -0.4 is 15.4 Å². The van der Waals surface area contributed by atoms with E-state index in [1.165, 1.54) is 17.5 Å². The van der Waals surface area contributed by atoms with Crippen LogP contribution in [0.1, 0.15) is 17.5 Å². The van der Waals surface area contributed by atoms with Crippen LogP contribution in [0.4, 0.5) is 16.2 Å². The van der Waals surface area contributed by atoms with Crippen molar-refractivity contribution >= 4 is 17.4 Å². The number of aryl methyl sites for hydroxylation is 1. The minimum absolute atomic E-state index is 0.262. The van der Waals surface area contributed by atoms with Gasteiger partial charge in [-0.25, -0.2) is 4.79 Å². The summed E-state index contributed by atoms with van der Waals surface area (Å²) >= 11 is 0. The van der Waals surface area contributed by atoms with Gasteiger partial charge in [0.05, 0.1) is 6.20 Å². The van der Waals surface area contributed by atoms with Crippen molar-refractivity contribution in [2.75, 3.05) is 31.3 Å². The zero-order valence-corrected chi connectivity index (χ0v) is 18.0. The number of pyridine rings is 1. The molecule has 1 unspecified atom stereocenters. The Bertz CT molecular complexity index is 1020. The molecule has 6 nitrogen and oxygen atoms in total. The van der Waals surface area contributed by atoms with Crippen molar-refractivity contribution in [3.63, 3.8) is 0 Å². The Morgan fingerprint density at radius 2 is 1.81 bits per heavy atom. The van der Waals surface area contributed by atoms with Crippen molar-refractivity contribution in [3.8, 4) is 11.5 Å². The number of nitrogens with one attached hydrogen (secondary N) is 2. The maximum absolute atomic E-state index is 12.4. The van der Waals surface area contributed by atoms with Crippen LogP contribution in [-0.2, 0) is 12.8 Å².